The number of pyridine rings is 1. The average Bonchev–Trinajstić information content (AvgIpc) is 2.49. The zero-order chi connectivity index (χ0) is 15.1. The smallest absolute Gasteiger partial charge is 0.306 e. The first-order chi connectivity index (χ1) is 10.2. The van der Waals surface area contributed by atoms with Gasteiger partial charge in [0.25, 0.3) is 5.56 Å². The van der Waals surface area contributed by atoms with Crippen LogP contribution in [0.25, 0.3) is 0 Å². The number of benzene rings is 1. The molecule has 0 unspecified atom stereocenters. The lowest BCUT2D eigenvalue weighted by atomic mass is 10.1. The zero-order valence-electron chi connectivity index (χ0n) is 12.1. The Labute approximate surface area is 124 Å². The van der Waals surface area contributed by atoms with Crippen LogP contribution in [0, 0.1) is 0 Å². The van der Waals surface area contributed by atoms with Crippen LogP contribution in [-0.2, 0) is 22.5 Å². The highest BCUT2D eigenvalue weighted by atomic mass is 16.5. The number of aromatic nitrogens is 1. The van der Waals surface area contributed by atoms with Crippen LogP contribution in [0.2, 0.25) is 0 Å². The van der Waals surface area contributed by atoms with E-state index in [0.29, 0.717) is 26.0 Å². The molecular formula is C17H19NO3. The largest absolute Gasteiger partial charge is 0.466 e. The predicted octanol–water partition coefficient (Wildman–Crippen LogP) is 2.39. The second-order valence-corrected chi connectivity index (χ2v) is 4.79. The molecule has 2 rings (SSSR count). The number of rotatable bonds is 6. The van der Waals surface area contributed by atoms with Crippen LogP contribution in [0.15, 0.2) is 53.5 Å². The van der Waals surface area contributed by atoms with E-state index in [1.807, 2.05) is 36.4 Å². The molecule has 0 N–H and O–H groups in total. The standard InChI is InChI=1S/C17H19NO3/c1-2-21-17(20)9-8-14-10-11-18(16(19)12-14)13-15-6-4-3-5-7-15/h3-7,10-12H,2,8-9,13H2,1H3. The first kappa shape index (κ1) is 15.0. The summed E-state index contributed by atoms with van der Waals surface area (Å²) < 4.78 is 6.53. The Hall–Kier alpha value is -2.36. The second-order valence-electron chi connectivity index (χ2n) is 4.79. The molecule has 21 heavy (non-hydrogen) atoms. The van der Waals surface area contributed by atoms with Crippen molar-refractivity contribution in [3.63, 3.8) is 0 Å². The van der Waals surface area contributed by atoms with Crippen molar-refractivity contribution >= 4 is 5.97 Å². The summed E-state index contributed by atoms with van der Waals surface area (Å²) in [5, 5.41) is 0. The molecule has 0 spiro atoms. The molecule has 4 heteroatoms. The lowest BCUT2D eigenvalue weighted by molar-refractivity contribution is -0.143. The van der Waals surface area contributed by atoms with E-state index < -0.39 is 0 Å². The number of nitrogens with zero attached hydrogens (tertiary/aromatic N) is 1. The summed E-state index contributed by atoms with van der Waals surface area (Å²) in [5.41, 5.74) is 1.89. The first-order valence-electron chi connectivity index (χ1n) is 7.08. The summed E-state index contributed by atoms with van der Waals surface area (Å²) in [7, 11) is 0. The molecule has 0 bridgehead atoms. The Morgan fingerprint density at radius 1 is 1.14 bits per heavy atom. The van der Waals surface area contributed by atoms with Crippen molar-refractivity contribution in [2.45, 2.75) is 26.3 Å². The third kappa shape index (κ3) is 4.60. The summed E-state index contributed by atoms with van der Waals surface area (Å²) in [5.74, 6) is -0.231. The number of hydrogen-bond donors (Lipinski definition) is 0. The Morgan fingerprint density at radius 3 is 2.57 bits per heavy atom. The molecule has 0 aliphatic carbocycles. The summed E-state index contributed by atoms with van der Waals surface area (Å²) in [6.07, 6.45) is 2.60. The van der Waals surface area contributed by atoms with E-state index in [0.717, 1.165) is 11.1 Å². The molecule has 1 aromatic carbocycles. The van der Waals surface area contributed by atoms with E-state index in [1.54, 1.807) is 23.8 Å². The highest BCUT2D eigenvalue weighted by molar-refractivity contribution is 5.69. The van der Waals surface area contributed by atoms with Crippen LogP contribution >= 0.6 is 0 Å². The van der Waals surface area contributed by atoms with E-state index in [1.165, 1.54) is 0 Å². The minimum atomic E-state index is -0.231. The van der Waals surface area contributed by atoms with Crippen molar-refractivity contribution in [1.82, 2.24) is 4.57 Å². The molecule has 0 aliphatic heterocycles. The zero-order valence-corrected chi connectivity index (χ0v) is 12.1. The van der Waals surface area contributed by atoms with Crippen LogP contribution in [0.5, 0.6) is 0 Å². The molecule has 0 amide bonds. The van der Waals surface area contributed by atoms with E-state index >= 15 is 0 Å². The minimum absolute atomic E-state index is 0.0554. The lowest BCUT2D eigenvalue weighted by Crippen LogP contribution is -2.20. The summed E-state index contributed by atoms with van der Waals surface area (Å²) in [6.45, 7) is 2.72. The van der Waals surface area contributed by atoms with Gasteiger partial charge in [-0.3, -0.25) is 9.59 Å². The van der Waals surface area contributed by atoms with Gasteiger partial charge in [-0.15, -0.1) is 0 Å². The van der Waals surface area contributed by atoms with E-state index in [2.05, 4.69) is 0 Å². The summed E-state index contributed by atoms with van der Waals surface area (Å²) in [6, 6.07) is 13.3. The van der Waals surface area contributed by atoms with Crippen molar-refractivity contribution < 1.29 is 9.53 Å². The number of aryl methyl sites for hydroxylation is 1. The molecule has 110 valence electrons. The van der Waals surface area contributed by atoms with Gasteiger partial charge in [0.05, 0.1) is 13.2 Å². The summed E-state index contributed by atoms with van der Waals surface area (Å²) >= 11 is 0. The van der Waals surface area contributed by atoms with Gasteiger partial charge in [0.15, 0.2) is 0 Å². The maximum absolute atomic E-state index is 12.1. The minimum Gasteiger partial charge on any atom is -0.466 e. The monoisotopic (exact) mass is 285 g/mol. The second kappa shape index (κ2) is 7.43. The van der Waals surface area contributed by atoms with Crippen LogP contribution < -0.4 is 5.56 Å². The molecule has 0 fully saturated rings. The highest BCUT2D eigenvalue weighted by Gasteiger charge is 2.04. The molecule has 0 radical (unpaired) electrons. The van der Waals surface area contributed by atoms with E-state index in [4.69, 9.17) is 4.74 Å². The van der Waals surface area contributed by atoms with Gasteiger partial charge in [-0.1, -0.05) is 30.3 Å². The van der Waals surface area contributed by atoms with Crippen molar-refractivity contribution in [2.24, 2.45) is 0 Å². The molecule has 0 saturated heterocycles. The fraction of sp³-hybridized carbons (Fsp3) is 0.294. The Morgan fingerprint density at radius 2 is 1.90 bits per heavy atom. The lowest BCUT2D eigenvalue weighted by Gasteiger charge is -2.07. The number of esters is 1. The van der Waals surface area contributed by atoms with Gasteiger partial charge in [-0.25, -0.2) is 0 Å². The van der Waals surface area contributed by atoms with Crippen LogP contribution in [0.4, 0.5) is 0 Å². The third-order valence-electron chi connectivity index (χ3n) is 3.18. The van der Waals surface area contributed by atoms with Crippen molar-refractivity contribution in [3.8, 4) is 0 Å². The van der Waals surface area contributed by atoms with Gasteiger partial charge in [0.2, 0.25) is 0 Å². The summed E-state index contributed by atoms with van der Waals surface area (Å²) in [4.78, 5) is 23.4. The van der Waals surface area contributed by atoms with Gasteiger partial charge >= 0.3 is 5.97 Å². The van der Waals surface area contributed by atoms with Crippen LogP contribution in [0.1, 0.15) is 24.5 Å². The Kier molecular flexibility index (Phi) is 5.32. The molecule has 2 aromatic rings. The number of carbonyl (C=O) groups is 1. The van der Waals surface area contributed by atoms with Crippen molar-refractivity contribution in [3.05, 3.63) is 70.1 Å². The molecule has 1 heterocycles. The van der Waals surface area contributed by atoms with Gasteiger partial charge in [-0.05, 0) is 30.5 Å². The first-order valence-corrected chi connectivity index (χ1v) is 7.08. The van der Waals surface area contributed by atoms with Gasteiger partial charge in [0, 0.05) is 18.7 Å². The predicted molar refractivity (Wildman–Crippen MR) is 81.2 cm³/mol. The topological polar surface area (TPSA) is 48.3 Å². The molecule has 0 atom stereocenters. The van der Waals surface area contributed by atoms with Gasteiger partial charge < -0.3 is 9.30 Å². The third-order valence-corrected chi connectivity index (χ3v) is 3.18. The van der Waals surface area contributed by atoms with E-state index in [9.17, 15) is 9.59 Å². The Balaban J connectivity index is 2.01. The van der Waals surface area contributed by atoms with E-state index in [-0.39, 0.29) is 11.5 Å². The van der Waals surface area contributed by atoms with Gasteiger partial charge in [0.1, 0.15) is 0 Å². The van der Waals surface area contributed by atoms with Gasteiger partial charge in [-0.2, -0.15) is 0 Å². The number of hydrogen-bond acceptors (Lipinski definition) is 3. The average molecular weight is 285 g/mol. The molecular weight excluding hydrogens is 266 g/mol. The molecule has 4 nitrogen and oxygen atoms in total. The number of carbonyl (C=O) groups excluding carboxylic acids is 1. The number of ether oxygens (including phenoxy) is 1. The molecule has 0 saturated carbocycles. The van der Waals surface area contributed by atoms with Crippen LogP contribution in [0.3, 0.4) is 0 Å². The fourth-order valence-corrected chi connectivity index (χ4v) is 2.09. The van der Waals surface area contributed by atoms with Crippen molar-refractivity contribution in [1.29, 1.82) is 0 Å². The fourth-order valence-electron chi connectivity index (χ4n) is 2.09. The highest BCUT2D eigenvalue weighted by Crippen LogP contribution is 2.04. The quantitative estimate of drug-likeness (QED) is 0.766. The SMILES string of the molecule is CCOC(=O)CCc1ccn(Cc2ccccc2)c(=O)c1. The Bertz CT molecular complexity index is 647. The maximum atomic E-state index is 12.1. The van der Waals surface area contributed by atoms with Crippen molar-refractivity contribution in [2.75, 3.05) is 6.61 Å². The maximum Gasteiger partial charge on any atom is 0.306 e. The molecule has 1 aromatic heterocycles. The molecule has 0 aliphatic rings. The van der Waals surface area contributed by atoms with Crippen LogP contribution in [-0.4, -0.2) is 17.1 Å². The normalized spacial score (nSPS) is 10.3.